The number of carbonyl (C=O) groups is 1. The van der Waals surface area contributed by atoms with Crippen molar-refractivity contribution in [1.29, 1.82) is 0 Å². The van der Waals surface area contributed by atoms with Gasteiger partial charge in [-0.2, -0.15) is 0 Å². The van der Waals surface area contributed by atoms with Crippen LogP contribution in [-0.2, 0) is 0 Å². The third-order valence-electron chi connectivity index (χ3n) is 3.42. The quantitative estimate of drug-likeness (QED) is 0.838. The largest absolute Gasteiger partial charge is 0.486 e. The molecule has 0 aromatic heterocycles. The van der Waals surface area contributed by atoms with E-state index >= 15 is 0 Å². The Morgan fingerprint density at radius 2 is 2.00 bits per heavy atom. The van der Waals surface area contributed by atoms with Gasteiger partial charge in [0.05, 0.1) is 0 Å². The van der Waals surface area contributed by atoms with E-state index in [0.717, 1.165) is 13.0 Å². The molecule has 0 unspecified atom stereocenters. The van der Waals surface area contributed by atoms with Crippen LogP contribution in [-0.4, -0.2) is 37.6 Å². The summed E-state index contributed by atoms with van der Waals surface area (Å²) in [6.07, 6.45) is 1.07. The van der Waals surface area contributed by atoms with Gasteiger partial charge in [-0.05, 0) is 24.1 Å². The SMILES string of the molecule is CC[C@H](C)CN(C)C(=O)c1ccc2c(c1)OCCO2. The maximum absolute atomic E-state index is 12.3. The first-order valence-electron chi connectivity index (χ1n) is 6.77. The van der Waals surface area contributed by atoms with Gasteiger partial charge >= 0.3 is 0 Å². The molecule has 0 bridgehead atoms. The summed E-state index contributed by atoms with van der Waals surface area (Å²) in [5.41, 5.74) is 0.648. The summed E-state index contributed by atoms with van der Waals surface area (Å²) in [4.78, 5) is 14.1. The minimum Gasteiger partial charge on any atom is -0.486 e. The standard InChI is InChI=1S/C15H21NO3/c1-4-11(2)10-16(3)15(17)12-5-6-13-14(9-12)19-8-7-18-13/h5-6,9,11H,4,7-8,10H2,1-3H3/t11-/m0/s1. The monoisotopic (exact) mass is 263 g/mol. The predicted molar refractivity (Wildman–Crippen MR) is 73.8 cm³/mol. The van der Waals surface area contributed by atoms with Crippen molar-refractivity contribution in [1.82, 2.24) is 4.90 Å². The molecule has 0 spiro atoms. The Hall–Kier alpha value is -1.71. The van der Waals surface area contributed by atoms with Crippen molar-refractivity contribution in [2.45, 2.75) is 20.3 Å². The number of benzene rings is 1. The highest BCUT2D eigenvalue weighted by Crippen LogP contribution is 2.31. The smallest absolute Gasteiger partial charge is 0.253 e. The normalized spacial score (nSPS) is 14.9. The summed E-state index contributed by atoms with van der Waals surface area (Å²) in [6.45, 7) is 6.14. The molecule has 0 saturated carbocycles. The number of hydrogen-bond donors (Lipinski definition) is 0. The van der Waals surface area contributed by atoms with Crippen molar-refractivity contribution in [3.05, 3.63) is 23.8 Å². The Morgan fingerprint density at radius 3 is 2.68 bits per heavy atom. The Balaban J connectivity index is 2.10. The van der Waals surface area contributed by atoms with Crippen LogP contribution < -0.4 is 9.47 Å². The van der Waals surface area contributed by atoms with Crippen LogP contribution in [0.3, 0.4) is 0 Å². The van der Waals surface area contributed by atoms with Crippen LogP contribution in [0, 0.1) is 5.92 Å². The highest BCUT2D eigenvalue weighted by molar-refractivity contribution is 5.94. The molecule has 2 rings (SSSR count). The minimum atomic E-state index is 0.0253. The molecular weight excluding hydrogens is 242 g/mol. The van der Waals surface area contributed by atoms with Crippen LogP contribution in [0.15, 0.2) is 18.2 Å². The van der Waals surface area contributed by atoms with Crippen LogP contribution in [0.2, 0.25) is 0 Å². The highest BCUT2D eigenvalue weighted by atomic mass is 16.6. The molecule has 104 valence electrons. The van der Waals surface area contributed by atoms with Crippen LogP contribution in [0.5, 0.6) is 11.5 Å². The Bertz CT molecular complexity index is 459. The molecule has 0 aliphatic carbocycles. The first kappa shape index (κ1) is 13.7. The summed E-state index contributed by atoms with van der Waals surface area (Å²) in [7, 11) is 1.84. The third-order valence-corrected chi connectivity index (χ3v) is 3.42. The zero-order valence-corrected chi connectivity index (χ0v) is 11.8. The second-order valence-corrected chi connectivity index (χ2v) is 5.06. The minimum absolute atomic E-state index is 0.0253. The fraction of sp³-hybridized carbons (Fsp3) is 0.533. The third kappa shape index (κ3) is 3.19. The second kappa shape index (κ2) is 5.95. The van der Waals surface area contributed by atoms with Gasteiger partial charge in [-0.3, -0.25) is 4.79 Å². The average Bonchev–Trinajstić information content (AvgIpc) is 2.45. The van der Waals surface area contributed by atoms with E-state index < -0.39 is 0 Å². The number of fused-ring (bicyclic) bond motifs is 1. The molecule has 1 aromatic rings. The van der Waals surface area contributed by atoms with E-state index in [9.17, 15) is 4.79 Å². The van der Waals surface area contributed by atoms with Crippen molar-refractivity contribution in [2.75, 3.05) is 26.8 Å². The van der Waals surface area contributed by atoms with Gasteiger partial charge in [0.1, 0.15) is 13.2 Å². The summed E-state index contributed by atoms with van der Waals surface area (Å²) >= 11 is 0. The van der Waals surface area contributed by atoms with Crippen molar-refractivity contribution in [2.24, 2.45) is 5.92 Å². The van der Waals surface area contributed by atoms with Gasteiger partial charge in [-0.1, -0.05) is 20.3 Å². The molecule has 0 N–H and O–H groups in total. The topological polar surface area (TPSA) is 38.8 Å². The van der Waals surface area contributed by atoms with Crippen LogP contribution in [0.1, 0.15) is 30.6 Å². The molecule has 4 nitrogen and oxygen atoms in total. The molecule has 1 amide bonds. The number of ether oxygens (including phenoxy) is 2. The van der Waals surface area contributed by atoms with E-state index in [-0.39, 0.29) is 5.91 Å². The van der Waals surface area contributed by atoms with Gasteiger partial charge in [0.25, 0.3) is 5.91 Å². The first-order chi connectivity index (χ1) is 9.11. The fourth-order valence-electron chi connectivity index (χ4n) is 2.08. The van der Waals surface area contributed by atoms with E-state index in [1.165, 1.54) is 0 Å². The lowest BCUT2D eigenvalue weighted by Gasteiger charge is -2.22. The van der Waals surface area contributed by atoms with Gasteiger partial charge in [0.15, 0.2) is 11.5 Å². The molecule has 0 fully saturated rings. The van der Waals surface area contributed by atoms with E-state index in [1.807, 2.05) is 7.05 Å². The zero-order chi connectivity index (χ0) is 13.8. The second-order valence-electron chi connectivity index (χ2n) is 5.06. The van der Waals surface area contributed by atoms with Gasteiger partial charge < -0.3 is 14.4 Å². The summed E-state index contributed by atoms with van der Waals surface area (Å²) in [5, 5.41) is 0. The molecule has 0 radical (unpaired) electrons. The number of rotatable bonds is 4. The van der Waals surface area contributed by atoms with E-state index in [0.29, 0.717) is 36.2 Å². The number of amides is 1. The molecule has 19 heavy (non-hydrogen) atoms. The van der Waals surface area contributed by atoms with Crippen molar-refractivity contribution in [3.8, 4) is 11.5 Å². The van der Waals surface area contributed by atoms with Crippen molar-refractivity contribution in [3.63, 3.8) is 0 Å². The van der Waals surface area contributed by atoms with E-state index in [4.69, 9.17) is 9.47 Å². The van der Waals surface area contributed by atoms with Crippen LogP contribution >= 0.6 is 0 Å². The average molecular weight is 263 g/mol. The maximum Gasteiger partial charge on any atom is 0.253 e. The Labute approximate surface area is 114 Å². The molecule has 1 aliphatic rings. The van der Waals surface area contributed by atoms with Gasteiger partial charge in [-0.25, -0.2) is 0 Å². The zero-order valence-electron chi connectivity index (χ0n) is 11.8. The first-order valence-corrected chi connectivity index (χ1v) is 6.77. The summed E-state index contributed by atoms with van der Waals surface area (Å²) in [6, 6.07) is 5.37. The molecular formula is C15H21NO3. The number of carbonyl (C=O) groups excluding carboxylic acids is 1. The lowest BCUT2D eigenvalue weighted by Crippen LogP contribution is -2.31. The highest BCUT2D eigenvalue weighted by Gasteiger charge is 2.18. The molecule has 1 aromatic carbocycles. The Morgan fingerprint density at radius 1 is 1.32 bits per heavy atom. The van der Waals surface area contributed by atoms with Crippen molar-refractivity contribution >= 4 is 5.91 Å². The van der Waals surface area contributed by atoms with E-state index in [2.05, 4.69) is 13.8 Å². The van der Waals surface area contributed by atoms with E-state index in [1.54, 1.807) is 23.1 Å². The molecule has 1 atom stereocenters. The maximum atomic E-state index is 12.3. The molecule has 1 heterocycles. The molecule has 4 heteroatoms. The van der Waals surface area contributed by atoms with Gasteiger partial charge in [-0.15, -0.1) is 0 Å². The molecule has 1 aliphatic heterocycles. The Kier molecular flexibility index (Phi) is 4.30. The molecule has 0 saturated heterocycles. The lowest BCUT2D eigenvalue weighted by atomic mass is 10.1. The predicted octanol–water partition coefficient (Wildman–Crippen LogP) is 2.58. The fourth-order valence-corrected chi connectivity index (χ4v) is 2.08. The summed E-state index contributed by atoms with van der Waals surface area (Å²) < 4.78 is 11.0. The van der Waals surface area contributed by atoms with Gasteiger partial charge in [0.2, 0.25) is 0 Å². The van der Waals surface area contributed by atoms with Crippen LogP contribution in [0.25, 0.3) is 0 Å². The number of hydrogen-bond acceptors (Lipinski definition) is 3. The lowest BCUT2D eigenvalue weighted by molar-refractivity contribution is 0.0773. The van der Waals surface area contributed by atoms with Gasteiger partial charge in [0, 0.05) is 19.2 Å². The van der Waals surface area contributed by atoms with Crippen molar-refractivity contribution < 1.29 is 14.3 Å². The summed E-state index contributed by atoms with van der Waals surface area (Å²) in [5.74, 6) is 1.91. The number of nitrogens with zero attached hydrogens (tertiary/aromatic N) is 1. The van der Waals surface area contributed by atoms with Crippen LogP contribution in [0.4, 0.5) is 0 Å².